The summed E-state index contributed by atoms with van der Waals surface area (Å²) < 4.78 is 26.2. The van der Waals surface area contributed by atoms with Gasteiger partial charge in [0.05, 0.1) is 6.20 Å². The third kappa shape index (κ3) is 3.69. The van der Waals surface area contributed by atoms with Gasteiger partial charge in [0.2, 0.25) is 10.0 Å². The van der Waals surface area contributed by atoms with Crippen molar-refractivity contribution in [3.8, 4) is 0 Å². The Kier molecular flexibility index (Phi) is 4.12. The number of aromatic amines is 1. The van der Waals surface area contributed by atoms with Gasteiger partial charge in [-0.05, 0) is 11.8 Å². The molecule has 0 aliphatic heterocycles. The van der Waals surface area contributed by atoms with Crippen LogP contribution in [0, 0.1) is 5.41 Å². The van der Waals surface area contributed by atoms with Gasteiger partial charge in [0.15, 0.2) is 0 Å². The van der Waals surface area contributed by atoms with E-state index in [0.29, 0.717) is 6.42 Å². The second-order valence-corrected chi connectivity index (χ2v) is 6.35. The highest BCUT2D eigenvalue weighted by Crippen LogP contribution is 2.20. The molecule has 1 rings (SSSR count). The maximum atomic E-state index is 11.9. The van der Waals surface area contributed by atoms with Crippen molar-refractivity contribution in [2.45, 2.75) is 25.2 Å². The number of anilines is 1. The van der Waals surface area contributed by atoms with Crippen LogP contribution in [0.2, 0.25) is 0 Å². The van der Waals surface area contributed by atoms with Gasteiger partial charge in [-0.1, -0.05) is 13.8 Å². The molecule has 0 spiro atoms. The number of rotatable bonds is 6. The summed E-state index contributed by atoms with van der Waals surface area (Å²) in [4.78, 5) is -0.0581. The molecular formula is C9H18N4O3S. The average Bonchev–Trinajstić information content (AvgIpc) is 2.63. The van der Waals surface area contributed by atoms with E-state index in [2.05, 4.69) is 14.9 Å². The summed E-state index contributed by atoms with van der Waals surface area (Å²) in [5.41, 5.74) is 5.13. The maximum absolute atomic E-state index is 11.9. The van der Waals surface area contributed by atoms with Crippen molar-refractivity contribution >= 4 is 15.8 Å². The number of aliphatic hydroxyl groups is 1. The number of nitrogens with one attached hydrogen (secondary N) is 2. The van der Waals surface area contributed by atoms with Gasteiger partial charge in [0.25, 0.3) is 0 Å². The lowest BCUT2D eigenvalue weighted by molar-refractivity contribution is 0.213. The summed E-state index contributed by atoms with van der Waals surface area (Å²) in [7, 11) is -3.65. The van der Waals surface area contributed by atoms with Crippen molar-refractivity contribution in [1.82, 2.24) is 14.9 Å². The zero-order valence-corrected chi connectivity index (χ0v) is 10.7. The quantitative estimate of drug-likeness (QED) is 0.560. The number of nitrogens with zero attached hydrogens (tertiary/aromatic N) is 1. The fourth-order valence-electron chi connectivity index (χ4n) is 1.26. The molecule has 1 aromatic heterocycles. The predicted molar refractivity (Wildman–Crippen MR) is 63.7 cm³/mol. The average molecular weight is 262 g/mol. The molecule has 0 radical (unpaired) electrons. The Hall–Kier alpha value is -1.12. The van der Waals surface area contributed by atoms with Crippen molar-refractivity contribution in [1.29, 1.82) is 0 Å². The molecule has 1 aromatic rings. The van der Waals surface area contributed by atoms with Gasteiger partial charge in [-0.25, -0.2) is 13.1 Å². The molecule has 0 atom stereocenters. The molecule has 0 unspecified atom stereocenters. The monoisotopic (exact) mass is 262 g/mol. The number of hydrogen-bond acceptors (Lipinski definition) is 5. The van der Waals surface area contributed by atoms with E-state index in [9.17, 15) is 8.42 Å². The van der Waals surface area contributed by atoms with Crippen molar-refractivity contribution < 1.29 is 13.5 Å². The largest absolute Gasteiger partial charge is 0.396 e. The number of hydrogen-bond donors (Lipinski definition) is 4. The maximum Gasteiger partial charge on any atom is 0.245 e. The molecule has 0 amide bonds. The van der Waals surface area contributed by atoms with Crippen molar-refractivity contribution in [3.63, 3.8) is 0 Å². The fraction of sp³-hybridized carbons (Fsp3) is 0.667. The molecule has 7 nitrogen and oxygen atoms in total. The Morgan fingerprint density at radius 1 is 1.59 bits per heavy atom. The third-order valence-electron chi connectivity index (χ3n) is 2.45. The van der Waals surface area contributed by atoms with Crippen molar-refractivity contribution in [2.24, 2.45) is 5.41 Å². The summed E-state index contributed by atoms with van der Waals surface area (Å²) in [6.45, 7) is 3.97. The van der Waals surface area contributed by atoms with E-state index in [1.807, 2.05) is 13.8 Å². The molecule has 5 N–H and O–H groups in total. The van der Waals surface area contributed by atoms with Gasteiger partial charge in [0.1, 0.15) is 10.7 Å². The molecule has 0 aliphatic rings. The van der Waals surface area contributed by atoms with Gasteiger partial charge in [0, 0.05) is 13.2 Å². The number of sulfonamides is 1. The standard InChI is InChI=1S/C9H18N4O3S/c1-9(2,3-4-14)6-12-17(15,16)7-5-11-13-8(7)10/h5,12,14H,3-4,6H2,1-2H3,(H3,10,11,13). The number of nitrogen functional groups attached to an aromatic ring is 1. The molecular weight excluding hydrogens is 244 g/mol. The highest BCUT2D eigenvalue weighted by Gasteiger charge is 2.24. The summed E-state index contributed by atoms with van der Waals surface area (Å²) >= 11 is 0. The lowest BCUT2D eigenvalue weighted by Crippen LogP contribution is -2.34. The highest BCUT2D eigenvalue weighted by molar-refractivity contribution is 7.89. The van der Waals surface area contributed by atoms with Crippen LogP contribution >= 0.6 is 0 Å². The third-order valence-corrected chi connectivity index (χ3v) is 3.88. The summed E-state index contributed by atoms with van der Waals surface area (Å²) in [6.07, 6.45) is 1.67. The van der Waals surface area contributed by atoms with Crippen LogP contribution in [0.15, 0.2) is 11.1 Å². The van der Waals surface area contributed by atoms with Gasteiger partial charge >= 0.3 is 0 Å². The van der Waals surface area contributed by atoms with Crippen LogP contribution in [-0.2, 0) is 10.0 Å². The first-order chi connectivity index (χ1) is 7.78. The molecule has 0 aliphatic carbocycles. The lowest BCUT2D eigenvalue weighted by Gasteiger charge is -2.23. The minimum atomic E-state index is -3.65. The predicted octanol–water partition coefficient (Wildman–Crippen LogP) is -0.321. The van der Waals surface area contributed by atoms with Gasteiger partial charge in [-0.2, -0.15) is 5.10 Å². The molecule has 0 bridgehead atoms. The lowest BCUT2D eigenvalue weighted by atomic mass is 9.90. The second-order valence-electron chi connectivity index (χ2n) is 4.61. The molecule has 0 aromatic carbocycles. The first-order valence-corrected chi connectivity index (χ1v) is 6.66. The molecule has 8 heteroatoms. The number of aliphatic hydroxyl groups excluding tert-OH is 1. The Labute approximate surface area is 100 Å². The van der Waals surface area contributed by atoms with E-state index in [-0.39, 0.29) is 29.3 Å². The van der Waals surface area contributed by atoms with Crippen molar-refractivity contribution in [3.05, 3.63) is 6.20 Å². The number of H-pyrrole nitrogens is 1. The zero-order valence-electron chi connectivity index (χ0n) is 9.90. The molecule has 0 saturated heterocycles. The van der Waals surface area contributed by atoms with E-state index in [4.69, 9.17) is 10.8 Å². The smallest absolute Gasteiger partial charge is 0.245 e. The van der Waals surface area contributed by atoms with Crippen molar-refractivity contribution in [2.75, 3.05) is 18.9 Å². The minimum Gasteiger partial charge on any atom is -0.396 e. The summed E-state index contributed by atoms with van der Waals surface area (Å²) in [5, 5.41) is 14.8. The first kappa shape index (κ1) is 13.9. The first-order valence-electron chi connectivity index (χ1n) is 5.18. The Morgan fingerprint density at radius 2 is 2.24 bits per heavy atom. The van der Waals surface area contributed by atoms with E-state index >= 15 is 0 Å². The summed E-state index contributed by atoms with van der Waals surface area (Å²) in [5.74, 6) is 0.0115. The van der Waals surface area contributed by atoms with E-state index in [1.165, 1.54) is 0 Å². The van der Waals surface area contributed by atoms with Crippen LogP contribution in [-0.4, -0.2) is 36.9 Å². The zero-order chi connectivity index (χ0) is 13.1. The molecule has 0 fully saturated rings. The molecule has 98 valence electrons. The minimum absolute atomic E-state index is 0.0115. The number of aromatic nitrogens is 2. The SMILES string of the molecule is CC(C)(CCO)CNS(=O)(=O)c1cn[nH]c1N. The van der Waals surface area contributed by atoms with E-state index < -0.39 is 10.0 Å². The van der Waals surface area contributed by atoms with Crippen LogP contribution in [0.25, 0.3) is 0 Å². The Balaban J connectivity index is 2.73. The normalized spacial score (nSPS) is 12.9. The molecule has 0 saturated carbocycles. The van der Waals surface area contributed by atoms with Gasteiger partial charge in [-0.3, -0.25) is 5.10 Å². The second kappa shape index (κ2) is 5.03. The van der Waals surface area contributed by atoms with Gasteiger partial charge < -0.3 is 10.8 Å². The van der Waals surface area contributed by atoms with Crippen LogP contribution in [0.3, 0.4) is 0 Å². The molecule has 17 heavy (non-hydrogen) atoms. The van der Waals surface area contributed by atoms with Crippen LogP contribution < -0.4 is 10.5 Å². The van der Waals surface area contributed by atoms with Crippen LogP contribution in [0.5, 0.6) is 0 Å². The Bertz CT molecular complexity index is 466. The highest BCUT2D eigenvalue weighted by atomic mass is 32.2. The summed E-state index contributed by atoms with van der Waals surface area (Å²) in [6, 6.07) is 0. The van der Waals surface area contributed by atoms with Gasteiger partial charge in [-0.15, -0.1) is 0 Å². The topological polar surface area (TPSA) is 121 Å². The fourth-order valence-corrected chi connectivity index (χ4v) is 2.52. The van der Waals surface area contributed by atoms with Crippen LogP contribution in [0.4, 0.5) is 5.82 Å². The number of nitrogens with two attached hydrogens (primary N) is 1. The van der Waals surface area contributed by atoms with Crippen LogP contribution in [0.1, 0.15) is 20.3 Å². The Morgan fingerprint density at radius 3 is 2.71 bits per heavy atom. The van der Waals surface area contributed by atoms with E-state index in [1.54, 1.807) is 0 Å². The molecule has 1 heterocycles. The van der Waals surface area contributed by atoms with E-state index in [0.717, 1.165) is 6.20 Å².